The minimum Gasteiger partial charge on any atom is -0.338 e. The number of halogens is 1. The Kier molecular flexibility index (Phi) is 4.72. The zero-order valence-corrected chi connectivity index (χ0v) is 15.4. The molecule has 2 aromatic carbocycles. The number of fused-ring (bicyclic) bond motifs is 1. The van der Waals surface area contributed by atoms with Crippen molar-refractivity contribution in [2.45, 2.75) is 18.9 Å². The van der Waals surface area contributed by atoms with Crippen molar-refractivity contribution in [2.75, 3.05) is 13.1 Å². The maximum absolute atomic E-state index is 13.5. The molecule has 1 aliphatic heterocycles. The van der Waals surface area contributed by atoms with Crippen LogP contribution in [0.5, 0.6) is 0 Å². The number of hydrogen-bond donors (Lipinski definition) is 1. The molecule has 0 aliphatic carbocycles. The molecule has 0 atom stereocenters. The number of aromatic amines is 1. The van der Waals surface area contributed by atoms with Crippen molar-refractivity contribution in [3.63, 3.8) is 0 Å². The van der Waals surface area contributed by atoms with Crippen LogP contribution in [0.1, 0.15) is 34.8 Å². The van der Waals surface area contributed by atoms with Crippen LogP contribution in [0.4, 0.5) is 4.39 Å². The van der Waals surface area contributed by atoms with Gasteiger partial charge in [0.05, 0.1) is 22.5 Å². The van der Waals surface area contributed by atoms with Gasteiger partial charge in [-0.25, -0.2) is 9.18 Å². The molecule has 0 saturated carbocycles. The van der Waals surface area contributed by atoms with Crippen molar-refractivity contribution in [2.24, 2.45) is 0 Å². The molecule has 146 valence electrons. The van der Waals surface area contributed by atoms with E-state index < -0.39 is 17.1 Å². The summed E-state index contributed by atoms with van der Waals surface area (Å²) in [4.78, 5) is 42.2. The second kappa shape index (κ2) is 7.36. The Bertz CT molecular complexity index is 1260. The second-order valence-electron chi connectivity index (χ2n) is 7.01. The molecule has 1 aromatic heterocycles. The smallest absolute Gasteiger partial charge is 0.329 e. The van der Waals surface area contributed by atoms with Gasteiger partial charge in [0, 0.05) is 24.7 Å². The second-order valence-corrected chi connectivity index (χ2v) is 7.01. The van der Waals surface area contributed by atoms with Crippen molar-refractivity contribution < 1.29 is 9.18 Å². The predicted molar refractivity (Wildman–Crippen MR) is 104 cm³/mol. The van der Waals surface area contributed by atoms with Gasteiger partial charge in [0.15, 0.2) is 0 Å². The van der Waals surface area contributed by atoms with Gasteiger partial charge in [-0.3, -0.25) is 14.2 Å². The highest BCUT2D eigenvalue weighted by Crippen LogP contribution is 2.22. The van der Waals surface area contributed by atoms with E-state index in [1.54, 1.807) is 29.2 Å². The molecule has 1 aliphatic rings. The topological polar surface area (TPSA) is 99.0 Å². The molecule has 4 rings (SSSR count). The van der Waals surface area contributed by atoms with Crippen LogP contribution < -0.4 is 11.2 Å². The van der Waals surface area contributed by atoms with Gasteiger partial charge in [0.25, 0.3) is 11.5 Å². The number of rotatable bonds is 2. The molecule has 1 saturated heterocycles. The number of nitrogens with one attached hydrogen (secondary N) is 1. The summed E-state index contributed by atoms with van der Waals surface area (Å²) in [5.41, 5.74) is 0.0592. The summed E-state index contributed by atoms with van der Waals surface area (Å²) in [6.45, 7) is 0.737. The maximum Gasteiger partial charge on any atom is 0.329 e. The Balaban J connectivity index is 1.57. The molecule has 2 heterocycles. The van der Waals surface area contributed by atoms with Gasteiger partial charge in [0.2, 0.25) is 0 Å². The lowest BCUT2D eigenvalue weighted by Crippen LogP contribution is -2.45. The number of piperidine rings is 1. The Hall–Kier alpha value is -3.73. The molecular formula is C21H17FN4O3. The van der Waals surface area contributed by atoms with Crippen molar-refractivity contribution in [3.05, 3.63) is 80.2 Å². The van der Waals surface area contributed by atoms with Crippen LogP contribution in [0.3, 0.4) is 0 Å². The molecule has 0 bridgehead atoms. The van der Waals surface area contributed by atoms with Crippen LogP contribution >= 0.6 is 0 Å². The molecule has 7 nitrogen and oxygen atoms in total. The van der Waals surface area contributed by atoms with Crippen LogP contribution in [-0.2, 0) is 0 Å². The van der Waals surface area contributed by atoms with Crippen LogP contribution in [0, 0.1) is 17.1 Å². The first kappa shape index (κ1) is 18.6. The molecule has 0 unspecified atom stereocenters. The molecule has 1 amide bonds. The number of benzene rings is 2. The van der Waals surface area contributed by atoms with Gasteiger partial charge in [0.1, 0.15) is 5.82 Å². The van der Waals surface area contributed by atoms with Gasteiger partial charge < -0.3 is 9.88 Å². The van der Waals surface area contributed by atoms with E-state index >= 15 is 0 Å². The average molecular weight is 392 g/mol. The highest BCUT2D eigenvalue weighted by molar-refractivity contribution is 5.94. The number of aromatic nitrogens is 2. The van der Waals surface area contributed by atoms with E-state index in [-0.39, 0.29) is 17.3 Å². The van der Waals surface area contributed by atoms with Gasteiger partial charge in [-0.2, -0.15) is 5.26 Å². The first-order chi connectivity index (χ1) is 14.0. The summed E-state index contributed by atoms with van der Waals surface area (Å²) in [6.07, 6.45) is 0.848. The summed E-state index contributed by atoms with van der Waals surface area (Å²) >= 11 is 0. The first-order valence-electron chi connectivity index (χ1n) is 9.21. The van der Waals surface area contributed by atoms with Crippen molar-refractivity contribution in [1.82, 2.24) is 14.5 Å². The molecule has 1 fully saturated rings. The largest absolute Gasteiger partial charge is 0.338 e. The minimum absolute atomic E-state index is 0.122. The van der Waals surface area contributed by atoms with E-state index in [4.69, 9.17) is 5.26 Å². The SMILES string of the molecule is N#Cc1cccc(C(=O)N2CCC(n3c(=O)[nH]c4ccc(F)cc4c3=O)CC2)c1. The zero-order chi connectivity index (χ0) is 20.5. The first-order valence-corrected chi connectivity index (χ1v) is 9.21. The number of carbonyl (C=O) groups is 1. The third kappa shape index (κ3) is 3.43. The molecule has 8 heteroatoms. The fourth-order valence-electron chi connectivity index (χ4n) is 3.76. The number of carbonyl (C=O) groups excluding carboxylic acids is 1. The van der Waals surface area contributed by atoms with Crippen molar-refractivity contribution >= 4 is 16.8 Å². The lowest BCUT2D eigenvalue weighted by Gasteiger charge is -2.32. The van der Waals surface area contributed by atoms with E-state index in [0.29, 0.717) is 42.6 Å². The Morgan fingerprint density at radius 2 is 1.90 bits per heavy atom. The molecule has 1 N–H and O–H groups in total. The molecule has 29 heavy (non-hydrogen) atoms. The third-order valence-corrected chi connectivity index (χ3v) is 5.25. The average Bonchev–Trinajstić information content (AvgIpc) is 2.74. The Labute approximate surface area is 164 Å². The van der Waals surface area contributed by atoms with Crippen LogP contribution in [-0.4, -0.2) is 33.4 Å². The third-order valence-electron chi connectivity index (χ3n) is 5.25. The van der Waals surface area contributed by atoms with Gasteiger partial charge in [-0.1, -0.05) is 6.07 Å². The van der Waals surface area contributed by atoms with E-state index in [9.17, 15) is 18.8 Å². The summed E-state index contributed by atoms with van der Waals surface area (Å²) in [5.74, 6) is -0.740. The molecule has 3 aromatic rings. The molecular weight excluding hydrogens is 375 g/mol. The number of H-pyrrole nitrogens is 1. The van der Waals surface area contributed by atoms with Gasteiger partial charge in [-0.15, -0.1) is 0 Å². The van der Waals surface area contributed by atoms with E-state index in [2.05, 4.69) is 4.98 Å². The van der Waals surface area contributed by atoms with Crippen LogP contribution in [0.25, 0.3) is 10.9 Å². The quantitative estimate of drug-likeness (QED) is 0.723. The summed E-state index contributed by atoms with van der Waals surface area (Å²) in [5, 5.41) is 9.12. The van der Waals surface area contributed by atoms with Crippen molar-refractivity contribution in [3.8, 4) is 6.07 Å². The standard InChI is InChI=1S/C21H17FN4O3/c22-15-4-5-18-17(11-15)20(28)26(21(29)24-18)16-6-8-25(9-7-16)19(27)14-3-1-2-13(10-14)12-23/h1-5,10-11,16H,6-9H2,(H,24,29). The fraction of sp³-hybridized carbons (Fsp3) is 0.238. The monoisotopic (exact) mass is 392 g/mol. The van der Waals surface area contributed by atoms with Crippen LogP contribution in [0.2, 0.25) is 0 Å². The lowest BCUT2D eigenvalue weighted by molar-refractivity contribution is 0.0692. The minimum atomic E-state index is -0.548. The van der Waals surface area contributed by atoms with E-state index in [1.165, 1.54) is 12.1 Å². The molecule has 0 spiro atoms. The summed E-state index contributed by atoms with van der Waals surface area (Å²) < 4.78 is 14.7. The fourth-order valence-corrected chi connectivity index (χ4v) is 3.76. The highest BCUT2D eigenvalue weighted by atomic mass is 19.1. The number of hydrogen-bond acceptors (Lipinski definition) is 4. The highest BCUT2D eigenvalue weighted by Gasteiger charge is 2.27. The van der Waals surface area contributed by atoms with Gasteiger partial charge >= 0.3 is 5.69 Å². The van der Waals surface area contributed by atoms with E-state index in [0.717, 1.165) is 10.6 Å². The predicted octanol–water partition coefficient (Wildman–Crippen LogP) is 2.18. The normalized spacial score (nSPS) is 14.7. The Morgan fingerprint density at radius 3 is 2.62 bits per heavy atom. The number of amides is 1. The lowest BCUT2D eigenvalue weighted by atomic mass is 10.0. The van der Waals surface area contributed by atoms with E-state index in [1.807, 2.05) is 6.07 Å². The van der Waals surface area contributed by atoms with Gasteiger partial charge in [-0.05, 0) is 49.2 Å². The molecule has 0 radical (unpaired) electrons. The summed E-state index contributed by atoms with van der Waals surface area (Å²) in [7, 11) is 0. The van der Waals surface area contributed by atoms with Crippen molar-refractivity contribution in [1.29, 1.82) is 5.26 Å². The number of nitriles is 1. The zero-order valence-electron chi connectivity index (χ0n) is 15.4. The Morgan fingerprint density at radius 1 is 1.14 bits per heavy atom. The maximum atomic E-state index is 13.5. The number of nitrogens with zero attached hydrogens (tertiary/aromatic N) is 3. The summed E-state index contributed by atoms with van der Waals surface area (Å²) in [6, 6.07) is 11.8. The van der Waals surface area contributed by atoms with Crippen LogP contribution in [0.15, 0.2) is 52.1 Å². The number of likely N-dealkylation sites (tertiary alicyclic amines) is 1.